The number of ether oxygens (including phenoxy) is 1. The van der Waals surface area contributed by atoms with E-state index < -0.39 is 4.92 Å². The van der Waals surface area contributed by atoms with Crippen LogP contribution in [-0.2, 0) is 4.74 Å². The standard InChI is InChI=1S/C9H14N4O3/c1-3-16-5-4-12(2)9-10-6-8(7-11-9)13(14)15/h6-7H,3-5H2,1-2H3. The number of hydrogen-bond acceptors (Lipinski definition) is 6. The Morgan fingerprint density at radius 3 is 2.62 bits per heavy atom. The Kier molecular flexibility index (Phi) is 4.59. The van der Waals surface area contributed by atoms with E-state index >= 15 is 0 Å². The highest BCUT2D eigenvalue weighted by atomic mass is 16.6. The van der Waals surface area contributed by atoms with E-state index in [-0.39, 0.29) is 5.69 Å². The summed E-state index contributed by atoms with van der Waals surface area (Å²) in [7, 11) is 1.81. The van der Waals surface area contributed by atoms with Gasteiger partial charge in [0.05, 0.1) is 11.5 Å². The van der Waals surface area contributed by atoms with E-state index in [1.807, 2.05) is 6.92 Å². The maximum Gasteiger partial charge on any atom is 0.305 e. The lowest BCUT2D eigenvalue weighted by atomic mass is 10.5. The Bertz CT molecular complexity index is 341. The number of rotatable bonds is 6. The number of nitro groups is 1. The third kappa shape index (κ3) is 3.43. The molecule has 7 nitrogen and oxygen atoms in total. The van der Waals surface area contributed by atoms with Crippen LogP contribution in [0.25, 0.3) is 0 Å². The topological polar surface area (TPSA) is 81.4 Å². The van der Waals surface area contributed by atoms with Crippen LogP contribution in [0.1, 0.15) is 6.92 Å². The van der Waals surface area contributed by atoms with Crippen molar-refractivity contribution in [2.45, 2.75) is 6.92 Å². The fourth-order valence-corrected chi connectivity index (χ4v) is 1.05. The van der Waals surface area contributed by atoms with E-state index in [0.29, 0.717) is 25.7 Å². The van der Waals surface area contributed by atoms with Gasteiger partial charge in [0.25, 0.3) is 0 Å². The van der Waals surface area contributed by atoms with Crippen LogP contribution in [0.5, 0.6) is 0 Å². The van der Waals surface area contributed by atoms with Crippen LogP contribution < -0.4 is 4.90 Å². The fourth-order valence-electron chi connectivity index (χ4n) is 1.05. The summed E-state index contributed by atoms with van der Waals surface area (Å²) in [5.41, 5.74) is -0.109. The molecule has 1 rings (SSSR count). The summed E-state index contributed by atoms with van der Waals surface area (Å²) in [5, 5.41) is 10.4. The van der Waals surface area contributed by atoms with E-state index in [1.54, 1.807) is 11.9 Å². The van der Waals surface area contributed by atoms with Crippen LogP contribution >= 0.6 is 0 Å². The zero-order valence-corrected chi connectivity index (χ0v) is 9.29. The van der Waals surface area contributed by atoms with Crippen LogP contribution in [0.3, 0.4) is 0 Å². The van der Waals surface area contributed by atoms with Crippen molar-refractivity contribution in [2.24, 2.45) is 0 Å². The van der Waals surface area contributed by atoms with Gasteiger partial charge >= 0.3 is 5.69 Å². The van der Waals surface area contributed by atoms with Gasteiger partial charge in [-0.05, 0) is 6.92 Å². The monoisotopic (exact) mass is 226 g/mol. The molecule has 0 fully saturated rings. The van der Waals surface area contributed by atoms with Crippen molar-refractivity contribution < 1.29 is 9.66 Å². The van der Waals surface area contributed by atoms with E-state index in [4.69, 9.17) is 4.74 Å². The predicted octanol–water partition coefficient (Wildman–Crippen LogP) is 0.857. The molecule has 0 amide bonds. The molecule has 0 aliphatic heterocycles. The molecule has 0 spiro atoms. The van der Waals surface area contributed by atoms with Crippen LogP contribution in [-0.4, -0.2) is 41.7 Å². The second-order valence-electron chi connectivity index (χ2n) is 3.12. The molecule has 0 radical (unpaired) electrons. The van der Waals surface area contributed by atoms with Crippen molar-refractivity contribution >= 4 is 11.6 Å². The summed E-state index contributed by atoms with van der Waals surface area (Å²) in [6.45, 7) is 3.80. The minimum Gasteiger partial charge on any atom is -0.380 e. The van der Waals surface area contributed by atoms with Crippen LogP contribution in [0.2, 0.25) is 0 Å². The van der Waals surface area contributed by atoms with Gasteiger partial charge in [0.15, 0.2) is 0 Å². The predicted molar refractivity (Wildman–Crippen MR) is 58.4 cm³/mol. The van der Waals surface area contributed by atoms with Crippen molar-refractivity contribution in [1.29, 1.82) is 0 Å². The molecular formula is C9H14N4O3. The first-order chi connectivity index (χ1) is 7.65. The molecule has 1 heterocycles. The largest absolute Gasteiger partial charge is 0.380 e. The lowest BCUT2D eigenvalue weighted by Gasteiger charge is -2.15. The molecule has 1 aromatic rings. The van der Waals surface area contributed by atoms with Crippen LogP contribution in [0.15, 0.2) is 12.4 Å². The average molecular weight is 226 g/mol. The quantitative estimate of drug-likeness (QED) is 0.406. The third-order valence-electron chi connectivity index (χ3n) is 1.95. The summed E-state index contributed by atoms with van der Waals surface area (Å²) >= 11 is 0. The zero-order valence-electron chi connectivity index (χ0n) is 9.29. The van der Waals surface area contributed by atoms with Gasteiger partial charge in [0, 0.05) is 20.2 Å². The molecule has 88 valence electrons. The maximum absolute atomic E-state index is 10.4. The maximum atomic E-state index is 10.4. The molecule has 0 N–H and O–H groups in total. The Hall–Kier alpha value is -1.76. The van der Waals surface area contributed by atoms with E-state index in [1.165, 1.54) is 12.4 Å². The van der Waals surface area contributed by atoms with E-state index in [0.717, 1.165) is 0 Å². The van der Waals surface area contributed by atoms with Gasteiger partial charge in [0.1, 0.15) is 12.4 Å². The van der Waals surface area contributed by atoms with Crippen molar-refractivity contribution in [2.75, 3.05) is 31.7 Å². The van der Waals surface area contributed by atoms with Crippen molar-refractivity contribution in [3.05, 3.63) is 22.5 Å². The molecule has 0 bridgehead atoms. The average Bonchev–Trinajstić information content (AvgIpc) is 2.29. The molecule has 0 atom stereocenters. The highest BCUT2D eigenvalue weighted by molar-refractivity contribution is 5.32. The molecule has 0 saturated carbocycles. The van der Waals surface area contributed by atoms with Gasteiger partial charge in [-0.3, -0.25) is 10.1 Å². The Morgan fingerprint density at radius 1 is 1.50 bits per heavy atom. The molecular weight excluding hydrogens is 212 g/mol. The van der Waals surface area contributed by atoms with E-state index in [9.17, 15) is 10.1 Å². The van der Waals surface area contributed by atoms with Crippen LogP contribution in [0.4, 0.5) is 11.6 Å². The first-order valence-corrected chi connectivity index (χ1v) is 4.90. The van der Waals surface area contributed by atoms with Gasteiger partial charge in [-0.2, -0.15) is 0 Å². The number of hydrogen-bond donors (Lipinski definition) is 0. The van der Waals surface area contributed by atoms with Gasteiger partial charge in [0.2, 0.25) is 5.95 Å². The second kappa shape index (κ2) is 5.96. The first-order valence-electron chi connectivity index (χ1n) is 4.90. The molecule has 0 aliphatic rings. The SMILES string of the molecule is CCOCCN(C)c1ncc([N+](=O)[O-])cn1. The molecule has 0 saturated heterocycles. The molecule has 16 heavy (non-hydrogen) atoms. The normalized spacial score (nSPS) is 10.1. The van der Waals surface area contributed by atoms with Crippen molar-refractivity contribution in [1.82, 2.24) is 9.97 Å². The van der Waals surface area contributed by atoms with E-state index in [2.05, 4.69) is 9.97 Å². The fraction of sp³-hybridized carbons (Fsp3) is 0.556. The smallest absolute Gasteiger partial charge is 0.305 e. The zero-order chi connectivity index (χ0) is 12.0. The first kappa shape index (κ1) is 12.3. The van der Waals surface area contributed by atoms with Crippen LogP contribution in [0, 0.1) is 10.1 Å². The summed E-state index contributed by atoms with van der Waals surface area (Å²) in [4.78, 5) is 19.4. The number of nitrogens with zero attached hydrogens (tertiary/aromatic N) is 4. The third-order valence-corrected chi connectivity index (χ3v) is 1.95. The van der Waals surface area contributed by atoms with Gasteiger partial charge in [-0.1, -0.05) is 0 Å². The molecule has 0 aliphatic carbocycles. The Morgan fingerprint density at radius 2 is 2.12 bits per heavy atom. The van der Waals surface area contributed by atoms with Crippen molar-refractivity contribution in [3.8, 4) is 0 Å². The van der Waals surface area contributed by atoms with Gasteiger partial charge < -0.3 is 9.64 Å². The Balaban J connectivity index is 2.56. The molecule has 7 heteroatoms. The number of anilines is 1. The molecule has 1 aromatic heterocycles. The van der Waals surface area contributed by atoms with Gasteiger partial charge in [-0.25, -0.2) is 9.97 Å². The molecule has 0 aromatic carbocycles. The number of likely N-dealkylation sites (N-methyl/N-ethyl adjacent to an activating group) is 1. The summed E-state index contributed by atoms with van der Waals surface area (Å²) in [5.74, 6) is 0.449. The molecule has 0 unspecified atom stereocenters. The minimum absolute atomic E-state index is 0.109. The minimum atomic E-state index is -0.524. The number of aromatic nitrogens is 2. The summed E-state index contributed by atoms with van der Waals surface area (Å²) < 4.78 is 5.18. The summed E-state index contributed by atoms with van der Waals surface area (Å²) in [6, 6.07) is 0. The lowest BCUT2D eigenvalue weighted by molar-refractivity contribution is -0.385. The van der Waals surface area contributed by atoms with Crippen molar-refractivity contribution in [3.63, 3.8) is 0 Å². The highest BCUT2D eigenvalue weighted by Gasteiger charge is 2.09. The lowest BCUT2D eigenvalue weighted by Crippen LogP contribution is -2.24. The summed E-state index contributed by atoms with van der Waals surface area (Å²) in [6.07, 6.45) is 2.39. The Labute approximate surface area is 93.2 Å². The highest BCUT2D eigenvalue weighted by Crippen LogP contribution is 2.10. The second-order valence-corrected chi connectivity index (χ2v) is 3.12. The van der Waals surface area contributed by atoms with Gasteiger partial charge in [-0.15, -0.1) is 0 Å².